The van der Waals surface area contributed by atoms with E-state index in [1.54, 1.807) is 11.1 Å². The van der Waals surface area contributed by atoms with Crippen LogP contribution in [-0.2, 0) is 16.1 Å². The SMILES string of the molecule is CC(=O)N[C@H]1CCN(C(=O)CCn2ccnc2C(C)C)CC[C@@H]1O. The van der Waals surface area contributed by atoms with Gasteiger partial charge < -0.3 is 19.9 Å². The Morgan fingerprint density at radius 3 is 2.75 bits per heavy atom. The Kier molecular flexibility index (Phi) is 6.36. The Labute approximate surface area is 143 Å². The van der Waals surface area contributed by atoms with E-state index in [9.17, 15) is 14.7 Å². The first kappa shape index (κ1) is 18.4. The third-order valence-electron chi connectivity index (χ3n) is 4.44. The van der Waals surface area contributed by atoms with Gasteiger partial charge in [0.1, 0.15) is 5.82 Å². The summed E-state index contributed by atoms with van der Waals surface area (Å²) in [7, 11) is 0. The van der Waals surface area contributed by atoms with Crippen LogP contribution in [0.15, 0.2) is 12.4 Å². The second-order valence-corrected chi connectivity index (χ2v) is 6.72. The molecule has 1 aliphatic heterocycles. The van der Waals surface area contributed by atoms with Crippen LogP contribution in [0.4, 0.5) is 0 Å². The Morgan fingerprint density at radius 1 is 1.38 bits per heavy atom. The molecule has 1 saturated heterocycles. The molecule has 2 N–H and O–H groups in total. The van der Waals surface area contributed by atoms with Gasteiger partial charge in [0.15, 0.2) is 0 Å². The Hall–Kier alpha value is -1.89. The number of aryl methyl sites for hydroxylation is 1. The van der Waals surface area contributed by atoms with Crippen molar-refractivity contribution in [3.8, 4) is 0 Å². The molecule has 134 valence electrons. The number of rotatable bonds is 5. The predicted octanol–water partition coefficient (Wildman–Crippen LogP) is 0.885. The number of aliphatic hydroxyl groups is 1. The number of nitrogens with zero attached hydrogens (tertiary/aromatic N) is 3. The van der Waals surface area contributed by atoms with E-state index in [0.29, 0.717) is 44.8 Å². The van der Waals surface area contributed by atoms with E-state index in [-0.39, 0.29) is 17.9 Å². The number of hydrogen-bond donors (Lipinski definition) is 2. The van der Waals surface area contributed by atoms with Gasteiger partial charge in [-0.15, -0.1) is 0 Å². The lowest BCUT2D eigenvalue weighted by molar-refractivity contribution is -0.131. The van der Waals surface area contributed by atoms with Gasteiger partial charge in [0.05, 0.1) is 12.1 Å². The molecule has 24 heavy (non-hydrogen) atoms. The first-order valence-corrected chi connectivity index (χ1v) is 8.62. The van der Waals surface area contributed by atoms with Crippen LogP contribution >= 0.6 is 0 Å². The number of carbonyl (C=O) groups excluding carboxylic acids is 2. The van der Waals surface area contributed by atoms with E-state index < -0.39 is 6.10 Å². The molecule has 7 nitrogen and oxygen atoms in total. The van der Waals surface area contributed by atoms with Gasteiger partial charge in [-0.1, -0.05) is 13.8 Å². The van der Waals surface area contributed by atoms with Crippen molar-refractivity contribution >= 4 is 11.8 Å². The quantitative estimate of drug-likeness (QED) is 0.836. The molecule has 2 heterocycles. The molecule has 0 saturated carbocycles. The van der Waals surface area contributed by atoms with Crippen LogP contribution in [0.25, 0.3) is 0 Å². The molecule has 0 aliphatic carbocycles. The third-order valence-corrected chi connectivity index (χ3v) is 4.44. The van der Waals surface area contributed by atoms with Gasteiger partial charge in [-0.3, -0.25) is 9.59 Å². The summed E-state index contributed by atoms with van der Waals surface area (Å²) < 4.78 is 2.02. The van der Waals surface area contributed by atoms with Gasteiger partial charge in [-0.25, -0.2) is 4.98 Å². The molecule has 1 fully saturated rings. The summed E-state index contributed by atoms with van der Waals surface area (Å²) in [5.41, 5.74) is 0. The molecule has 0 radical (unpaired) electrons. The number of nitrogens with one attached hydrogen (secondary N) is 1. The first-order chi connectivity index (χ1) is 11.4. The zero-order valence-corrected chi connectivity index (χ0v) is 14.7. The fraction of sp³-hybridized carbons (Fsp3) is 0.706. The van der Waals surface area contributed by atoms with Crippen molar-refractivity contribution < 1.29 is 14.7 Å². The fourth-order valence-electron chi connectivity index (χ4n) is 3.15. The van der Waals surface area contributed by atoms with Gasteiger partial charge >= 0.3 is 0 Å². The van der Waals surface area contributed by atoms with Gasteiger partial charge in [0.25, 0.3) is 0 Å². The predicted molar refractivity (Wildman–Crippen MR) is 90.4 cm³/mol. The standard InChI is InChI=1S/C17H28N4O3/c1-12(2)17-18-7-11-21(17)10-6-16(24)20-8-4-14(19-13(3)22)15(23)5-9-20/h7,11-12,14-15,23H,4-6,8-10H2,1-3H3,(H,19,22)/t14-,15-/m0/s1. The van der Waals surface area contributed by atoms with E-state index in [1.807, 2.05) is 10.8 Å². The highest BCUT2D eigenvalue weighted by molar-refractivity contribution is 5.76. The van der Waals surface area contributed by atoms with Crippen molar-refractivity contribution in [3.63, 3.8) is 0 Å². The lowest BCUT2D eigenvalue weighted by Crippen LogP contribution is -2.42. The number of imidazole rings is 1. The summed E-state index contributed by atoms with van der Waals surface area (Å²) in [6.07, 6.45) is 4.54. The average Bonchev–Trinajstić information content (AvgIpc) is 2.92. The maximum Gasteiger partial charge on any atom is 0.224 e. The largest absolute Gasteiger partial charge is 0.391 e. The second-order valence-electron chi connectivity index (χ2n) is 6.72. The van der Waals surface area contributed by atoms with Crippen LogP contribution in [0.2, 0.25) is 0 Å². The number of likely N-dealkylation sites (tertiary alicyclic amines) is 1. The average molecular weight is 336 g/mol. The minimum Gasteiger partial charge on any atom is -0.391 e. The molecule has 0 spiro atoms. The van der Waals surface area contributed by atoms with Crippen molar-refractivity contribution in [2.75, 3.05) is 13.1 Å². The van der Waals surface area contributed by atoms with Crippen LogP contribution in [0, 0.1) is 0 Å². The molecule has 2 atom stereocenters. The maximum absolute atomic E-state index is 12.5. The molecule has 0 unspecified atom stereocenters. The molecule has 2 amide bonds. The Morgan fingerprint density at radius 2 is 2.08 bits per heavy atom. The molecule has 7 heteroatoms. The summed E-state index contributed by atoms with van der Waals surface area (Å²) >= 11 is 0. The molecule has 0 aromatic carbocycles. The highest BCUT2D eigenvalue weighted by Gasteiger charge is 2.27. The van der Waals surface area contributed by atoms with Crippen LogP contribution in [-0.4, -0.2) is 56.6 Å². The number of aromatic nitrogens is 2. The molecule has 1 aromatic rings. The summed E-state index contributed by atoms with van der Waals surface area (Å²) in [6.45, 7) is 7.30. The fourth-order valence-corrected chi connectivity index (χ4v) is 3.15. The minimum absolute atomic E-state index is 0.0779. The number of aliphatic hydroxyl groups excluding tert-OH is 1. The normalized spacial score (nSPS) is 21.6. The van der Waals surface area contributed by atoms with Gasteiger partial charge in [0.2, 0.25) is 11.8 Å². The lowest BCUT2D eigenvalue weighted by atomic mass is 10.1. The van der Waals surface area contributed by atoms with Crippen molar-refractivity contribution in [2.24, 2.45) is 0 Å². The Balaban J connectivity index is 1.88. The van der Waals surface area contributed by atoms with Gasteiger partial charge in [-0.2, -0.15) is 0 Å². The number of hydrogen-bond acceptors (Lipinski definition) is 4. The van der Waals surface area contributed by atoms with Crippen LogP contribution in [0.5, 0.6) is 0 Å². The first-order valence-electron chi connectivity index (χ1n) is 8.62. The second kappa shape index (κ2) is 8.28. The van der Waals surface area contributed by atoms with E-state index >= 15 is 0 Å². The topological polar surface area (TPSA) is 87.5 Å². The van der Waals surface area contributed by atoms with E-state index in [1.165, 1.54) is 6.92 Å². The van der Waals surface area contributed by atoms with Crippen molar-refractivity contribution in [2.45, 2.75) is 64.6 Å². The highest BCUT2D eigenvalue weighted by atomic mass is 16.3. The van der Waals surface area contributed by atoms with Crippen molar-refractivity contribution in [1.82, 2.24) is 19.8 Å². The lowest BCUT2D eigenvalue weighted by Gasteiger charge is -2.21. The monoisotopic (exact) mass is 336 g/mol. The zero-order valence-electron chi connectivity index (χ0n) is 14.7. The van der Waals surface area contributed by atoms with Crippen molar-refractivity contribution in [3.05, 3.63) is 18.2 Å². The molecule has 1 aromatic heterocycles. The number of carbonyl (C=O) groups is 2. The van der Waals surface area contributed by atoms with E-state index in [2.05, 4.69) is 24.1 Å². The third kappa shape index (κ3) is 4.80. The highest BCUT2D eigenvalue weighted by Crippen LogP contribution is 2.15. The van der Waals surface area contributed by atoms with Gasteiger partial charge in [-0.05, 0) is 12.8 Å². The summed E-state index contributed by atoms with van der Waals surface area (Å²) in [4.78, 5) is 29.8. The van der Waals surface area contributed by atoms with Crippen LogP contribution in [0.3, 0.4) is 0 Å². The minimum atomic E-state index is -0.604. The maximum atomic E-state index is 12.5. The summed E-state index contributed by atoms with van der Waals surface area (Å²) in [5, 5.41) is 12.9. The zero-order chi connectivity index (χ0) is 17.7. The Bertz CT molecular complexity index is 570. The van der Waals surface area contributed by atoms with Crippen LogP contribution in [0.1, 0.15) is 51.8 Å². The molecule has 0 bridgehead atoms. The van der Waals surface area contributed by atoms with Crippen molar-refractivity contribution in [1.29, 1.82) is 0 Å². The summed E-state index contributed by atoms with van der Waals surface area (Å²) in [6, 6.07) is -0.276. The van der Waals surface area contributed by atoms with Gasteiger partial charge in [0, 0.05) is 51.3 Å². The number of amides is 2. The molecule has 2 rings (SSSR count). The van der Waals surface area contributed by atoms with E-state index in [0.717, 1.165) is 5.82 Å². The summed E-state index contributed by atoms with van der Waals surface area (Å²) in [5.74, 6) is 1.23. The van der Waals surface area contributed by atoms with E-state index in [4.69, 9.17) is 0 Å². The van der Waals surface area contributed by atoms with Crippen LogP contribution < -0.4 is 5.32 Å². The smallest absolute Gasteiger partial charge is 0.224 e. The molecular weight excluding hydrogens is 308 g/mol. The molecular formula is C17H28N4O3. The molecule has 1 aliphatic rings.